The number of carbonyl (C=O) groups excluding carboxylic acids is 2. The summed E-state index contributed by atoms with van der Waals surface area (Å²) >= 11 is 0. The summed E-state index contributed by atoms with van der Waals surface area (Å²) in [5.41, 5.74) is 4.59. The van der Waals surface area contributed by atoms with E-state index in [1.165, 1.54) is 109 Å². The number of unbranched alkanes of at least 4 members (excludes halogenated alkanes) is 20. The molecule has 4 unspecified atom stereocenters. The summed E-state index contributed by atoms with van der Waals surface area (Å²) in [6, 6.07) is 1.25. The molecule has 2 heterocycles. The number of aromatic nitrogens is 2. The Balaban J connectivity index is 1.76. The Labute approximate surface area is 400 Å². The van der Waals surface area contributed by atoms with E-state index in [4.69, 9.17) is 29.0 Å². The van der Waals surface area contributed by atoms with Gasteiger partial charge in [0.25, 0.3) is 0 Å². The van der Waals surface area contributed by atoms with Crippen LogP contribution in [0.4, 0.5) is 5.82 Å². The van der Waals surface area contributed by atoms with E-state index >= 15 is 0 Å². The second-order valence-corrected chi connectivity index (χ2v) is 21.8. The number of hydrogen-bond acceptors (Lipinski definition) is 15. The number of ether oxygens (including phenoxy) is 3. The average molecular weight is 996 g/mol. The molecule has 1 saturated heterocycles. The normalized spacial score (nSPS) is 20.1. The minimum absolute atomic E-state index is 0.0528. The van der Waals surface area contributed by atoms with Crippen molar-refractivity contribution in [1.29, 1.82) is 0 Å². The van der Waals surface area contributed by atoms with Gasteiger partial charge in [0.05, 0.1) is 13.2 Å². The lowest BCUT2D eigenvalue weighted by molar-refractivity contribution is -0.161. The van der Waals surface area contributed by atoms with Crippen molar-refractivity contribution in [1.82, 2.24) is 9.55 Å². The highest BCUT2D eigenvalue weighted by molar-refractivity contribution is 7.61. The zero-order valence-corrected chi connectivity index (χ0v) is 42.8. The number of carbonyl (C=O) groups is 2. The van der Waals surface area contributed by atoms with Gasteiger partial charge in [0.2, 0.25) is 0 Å². The van der Waals surface area contributed by atoms with Crippen LogP contribution in [0.3, 0.4) is 0 Å². The molecule has 8 atom stereocenters. The maximum Gasteiger partial charge on any atom is 0.481 e. The molecule has 1 fully saturated rings. The lowest BCUT2D eigenvalue weighted by Crippen LogP contribution is -2.36. The van der Waals surface area contributed by atoms with Crippen molar-refractivity contribution in [3.8, 4) is 0 Å². The first-order valence-corrected chi connectivity index (χ1v) is 28.3. The number of esters is 2. The first kappa shape index (κ1) is 60.9. The second-order valence-electron chi connectivity index (χ2n) is 18.8. The third-order valence-corrected chi connectivity index (χ3v) is 14.8. The topological polar surface area (TPSA) is 265 Å². The Morgan fingerprint density at radius 1 is 0.716 bits per heavy atom. The monoisotopic (exact) mass is 996 g/mol. The number of nitrogen functional groups attached to an aromatic ring is 1. The van der Waals surface area contributed by atoms with Crippen molar-refractivity contribution in [2.75, 3.05) is 25.6 Å². The number of anilines is 1. The molecule has 0 spiro atoms. The average Bonchev–Trinajstić information content (AvgIpc) is 3.55. The molecule has 1 aliphatic rings. The van der Waals surface area contributed by atoms with E-state index in [1.807, 2.05) is 0 Å². The molecule has 1 aromatic heterocycles. The van der Waals surface area contributed by atoms with Crippen LogP contribution in [0.15, 0.2) is 17.1 Å². The fourth-order valence-electron chi connectivity index (χ4n) is 7.83. The minimum Gasteiger partial charge on any atom is -0.462 e. The van der Waals surface area contributed by atoms with Gasteiger partial charge in [-0.2, -0.15) is 9.29 Å². The van der Waals surface area contributed by atoms with Crippen LogP contribution in [0, 0.1) is 11.8 Å². The summed E-state index contributed by atoms with van der Waals surface area (Å²) in [5, 5.41) is 20.9. The Bertz CT molecular complexity index is 1650. The Hall–Kier alpha value is -2.24. The fraction of sp³-hybridized carbons (Fsp3) is 0.872. The molecule has 0 amide bonds. The molecule has 0 bridgehead atoms. The lowest BCUT2D eigenvalue weighted by atomic mass is 10.00. The molecule has 1 aromatic rings. The van der Waals surface area contributed by atoms with Gasteiger partial charge < -0.3 is 39.9 Å². The number of hydrogen-bond donors (Lipinski definition) is 5. The number of aliphatic hydroxyl groups excluding tert-OH is 2. The van der Waals surface area contributed by atoms with Crippen molar-refractivity contribution in [2.45, 2.75) is 232 Å². The van der Waals surface area contributed by atoms with Gasteiger partial charge in [-0.15, -0.1) is 0 Å². The lowest BCUT2D eigenvalue weighted by Gasteiger charge is -2.21. The molecule has 0 aliphatic carbocycles. The standard InChI is InChI=1S/C47H87N3O15P2/c1-5-38(4)29-25-21-18-19-23-27-31-43(52)63-39(34-60-42(51)30-26-22-17-15-13-11-9-7-6-8-10-12-14-16-20-24-28-37(2)3)35-61-66(56,57)65-67(58,59)62-36-40-44(53)45(54)46(64-40)50-33-32-41(48)49-47(50)55/h32-33,37-40,44-46,53-54H,5-31,34-36H2,1-4H3,(H,56,57)(H,58,59)(H2,48,49,55)/t38?,39-,40-,44+,45?,46-/m1/s1. The number of nitrogens with two attached hydrogens (primary N) is 1. The van der Waals surface area contributed by atoms with Crippen LogP contribution >= 0.6 is 15.6 Å². The van der Waals surface area contributed by atoms with E-state index in [0.717, 1.165) is 61.9 Å². The quantitative estimate of drug-likeness (QED) is 0.0232. The van der Waals surface area contributed by atoms with E-state index in [-0.39, 0.29) is 18.7 Å². The summed E-state index contributed by atoms with van der Waals surface area (Å²) in [7, 11) is -10.8. The molecule has 1 aliphatic heterocycles. The van der Waals surface area contributed by atoms with Gasteiger partial charge in [-0.25, -0.2) is 13.9 Å². The summed E-state index contributed by atoms with van der Waals surface area (Å²) in [5.74, 6) is 0.240. The molecule has 0 radical (unpaired) electrons. The summed E-state index contributed by atoms with van der Waals surface area (Å²) in [6.45, 7) is 6.74. The molecular formula is C47H87N3O15P2. The third-order valence-electron chi connectivity index (χ3n) is 12.2. The van der Waals surface area contributed by atoms with Gasteiger partial charge in [-0.05, 0) is 30.7 Å². The van der Waals surface area contributed by atoms with Crippen LogP contribution in [-0.4, -0.2) is 85.7 Å². The largest absolute Gasteiger partial charge is 0.481 e. The van der Waals surface area contributed by atoms with E-state index < -0.39 is 83.7 Å². The maximum atomic E-state index is 12.8. The first-order valence-electron chi connectivity index (χ1n) is 25.3. The van der Waals surface area contributed by atoms with E-state index in [2.05, 4.69) is 37.0 Å². The zero-order chi connectivity index (χ0) is 49.5. The smallest absolute Gasteiger partial charge is 0.462 e. The maximum absolute atomic E-state index is 12.8. The van der Waals surface area contributed by atoms with Crippen molar-refractivity contribution < 1.29 is 66.3 Å². The number of phosphoric ester groups is 2. The first-order chi connectivity index (χ1) is 31.9. The number of aliphatic hydroxyl groups is 2. The van der Waals surface area contributed by atoms with Crippen LogP contribution in [0.1, 0.15) is 207 Å². The summed E-state index contributed by atoms with van der Waals surface area (Å²) in [6.07, 6.45) is 22.2. The molecule has 2 rings (SSSR count). The van der Waals surface area contributed by atoms with Crippen LogP contribution < -0.4 is 11.4 Å². The van der Waals surface area contributed by atoms with Gasteiger partial charge in [0.1, 0.15) is 30.7 Å². The van der Waals surface area contributed by atoms with E-state index in [1.54, 1.807) is 0 Å². The molecular weight excluding hydrogens is 908 g/mol. The molecule has 67 heavy (non-hydrogen) atoms. The van der Waals surface area contributed by atoms with Gasteiger partial charge in [-0.3, -0.25) is 23.2 Å². The molecule has 0 saturated carbocycles. The van der Waals surface area contributed by atoms with Crippen LogP contribution in [0.25, 0.3) is 0 Å². The van der Waals surface area contributed by atoms with E-state index in [9.17, 15) is 43.5 Å². The second kappa shape index (κ2) is 35.0. The summed E-state index contributed by atoms with van der Waals surface area (Å²) in [4.78, 5) is 61.8. The van der Waals surface area contributed by atoms with Gasteiger partial charge in [0.15, 0.2) is 12.3 Å². The number of rotatable bonds is 41. The third kappa shape index (κ3) is 28.9. The highest BCUT2D eigenvalue weighted by Crippen LogP contribution is 2.60. The molecule has 20 heteroatoms. The van der Waals surface area contributed by atoms with Crippen LogP contribution in [0.5, 0.6) is 0 Å². The summed E-state index contributed by atoms with van der Waals surface area (Å²) < 4.78 is 56.7. The van der Waals surface area contributed by atoms with E-state index in [0.29, 0.717) is 18.8 Å². The highest BCUT2D eigenvalue weighted by atomic mass is 31.3. The fourth-order valence-corrected chi connectivity index (χ4v) is 9.94. The van der Waals surface area contributed by atoms with Crippen molar-refractivity contribution in [3.05, 3.63) is 22.7 Å². The van der Waals surface area contributed by atoms with Gasteiger partial charge >= 0.3 is 33.3 Å². The van der Waals surface area contributed by atoms with Crippen molar-refractivity contribution >= 4 is 33.4 Å². The predicted molar refractivity (Wildman–Crippen MR) is 257 cm³/mol. The Morgan fingerprint density at radius 3 is 1.70 bits per heavy atom. The minimum atomic E-state index is -5.42. The van der Waals surface area contributed by atoms with Gasteiger partial charge in [-0.1, -0.05) is 175 Å². The Kier molecular flexibility index (Phi) is 31.8. The molecule has 0 aromatic carbocycles. The Morgan fingerprint density at radius 2 is 1.19 bits per heavy atom. The number of nitrogens with zero attached hydrogens (tertiary/aromatic N) is 2. The zero-order valence-electron chi connectivity index (χ0n) is 41.1. The molecule has 18 nitrogen and oxygen atoms in total. The van der Waals surface area contributed by atoms with Crippen molar-refractivity contribution in [3.63, 3.8) is 0 Å². The van der Waals surface area contributed by atoms with Crippen LogP contribution in [0.2, 0.25) is 0 Å². The molecule has 390 valence electrons. The van der Waals surface area contributed by atoms with Gasteiger partial charge in [0, 0.05) is 19.0 Å². The van der Waals surface area contributed by atoms with Crippen molar-refractivity contribution in [2.24, 2.45) is 11.8 Å². The molecule has 6 N–H and O–H groups in total. The van der Waals surface area contributed by atoms with Crippen LogP contribution in [-0.2, 0) is 46.3 Å². The SMILES string of the molecule is CCC(C)CCCCCCCCC(=O)O[C@H](COC(=O)CCCCCCCCCCCCCCCCCCC(C)C)COP(=O)(O)OP(=O)(O)OC[C@H]1O[C@@H](n2ccc(N)nc2=O)C(O)[C@H]1O. The number of phosphoric acid groups is 2. The highest BCUT2D eigenvalue weighted by Gasteiger charge is 2.46. The predicted octanol–water partition coefficient (Wildman–Crippen LogP) is 9.99.